The predicted octanol–water partition coefficient (Wildman–Crippen LogP) is 4.38. The van der Waals surface area contributed by atoms with E-state index in [2.05, 4.69) is 13.2 Å². The average Bonchev–Trinajstić information content (AvgIpc) is 2.49. The van der Waals surface area contributed by atoms with E-state index in [-0.39, 0.29) is 12.1 Å². The highest BCUT2D eigenvalue weighted by Crippen LogP contribution is 2.20. The Hall–Kier alpha value is -1.83. The maximum absolute atomic E-state index is 10.7. The molecule has 0 radical (unpaired) electrons. The van der Waals surface area contributed by atoms with Crippen LogP contribution in [0.1, 0.15) is 37.7 Å². The summed E-state index contributed by atoms with van der Waals surface area (Å²) < 4.78 is 5.08. The van der Waals surface area contributed by atoms with Gasteiger partial charge in [-0.1, -0.05) is 56.0 Å². The van der Waals surface area contributed by atoms with Gasteiger partial charge in [-0.2, -0.15) is 0 Å². The molecule has 0 saturated heterocycles. The molecule has 102 valence electrons. The highest BCUT2D eigenvalue weighted by molar-refractivity contribution is 5.81. The van der Waals surface area contributed by atoms with Crippen LogP contribution in [0.3, 0.4) is 0 Å². The molecule has 1 fully saturated rings. The van der Waals surface area contributed by atoms with Crippen LogP contribution in [-0.4, -0.2) is 12.1 Å². The highest BCUT2D eigenvalue weighted by Gasteiger charge is 2.15. The molecule has 0 spiro atoms. The van der Waals surface area contributed by atoms with Gasteiger partial charge in [-0.3, -0.25) is 0 Å². The third-order valence-electron chi connectivity index (χ3n) is 3.04. The van der Waals surface area contributed by atoms with Crippen molar-refractivity contribution in [3.63, 3.8) is 0 Å². The fourth-order valence-corrected chi connectivity index (χ4v) is 1.98. The van der Waals surface area contributed by atoms with Gasteiger partial charge in [0.1, 0.15) is 6.10 Å². The lowest BCUT2D eigenvalue weighted by atomic mass is 9.98. The van der Waals surface area contributed by atoms with Gasteiger partial charge in [-0.25, -0.2) is 4.79 Å². The van der Waals surface area contributed by atoms with Crippen molar-refractivity contribution >= 4 is 12.0 Å². The summed E-state index contributed by atoms with van der Waals surface area (Å²) in [5.74, 6) is -0.281. The third-order valence-corrected chi connectivity index (χ3v) is 3.04. The van der Waals surface area contributed by atoms with Crippen molar-refractivity contribution in [2.24, 2.45) is 0 Å². The topological polar surface area (TPSA) is 26.3 Å². The van der Waals surface area contributed by atoms with E-state index in [4.69, 9.17) is 4.74 Å². The first-order valence-corrected chi connectivity index (χ1v) is 6.76. The molecule has 0 bridgehead atoms. The molecule has 0 aromatic heterocycles. The van der Waals surface area contributed by atoms with Crippen molar-refractivity contribution in [2.75, 3.05) is 0 Å². The standard InChI is InChI=1S/C9H14O2.C8H8/c1-2-9(10)11-8-6-4-3-5-7-8;1-2-8-6-4-3-5-7-8/h2,8H,1,3-7H2;2-7H,1H2. The van der Waals surface area contributed by atoms with E-state index >= 15 is 0 Å². The fourth-order valence-electron chi connectivity index (χ4n) is 1.98. The second-order valence-electron chi connectivity index (χ2n) is 4.52. The van der Waals surface area contributed by atoms with Crippen LogP contribution in [0, 0.1) is 0 Å². The Balaban J connectivity index is 0.000000200. The summed E-state index contributed by atoms with van der Waals surface area (Å²) in [6, 6.07) is 10.0. The Labute approximate surface area is 115 Å². The number of hydrogen-bond acceptors (Lipinski definition) is 2. The number of esters is 1. The zero-order chi connectivity index (χ0) is 13.9. The monoisotopic (exact) mass is 258 g/mol. The Morgan fingerprint density at radius 2 is 1.74 bits per heavy atom. The zero-order valence-corrected chi connectivity index (χ0v) is 11.4. The van der Waals surface area contributed by atoms with E-state index in [9.17, 15) is 4.79 Å². The lowest BCUT2D eigenvalue weighted by Gasteiger charge is -2.20. The van der Waals surface area contributed by atoms with Gasteiger partial charge < -0.3 is 4.74 Å². The maximum Gasteiger partial charge on any atom is 0.330 e. The zero-order valence-electron chi connectivity index (χ0n) is 11.4. The second kappa shape index (κ2) is 9.15. The molecule has 1 aromatic rings. The van der Waals surface area contributed by atoms with E-state index in [0.29, 0.717) is 0 Å². The van der Waals surface area contributed by atoms with Crippen molar-refractivity contribution in [1.82, 2.24) is 0 Å². The van der Waals surface area contributed by atoms with Gasteiger partial charge in [0.05, 0.1) is 0 Å². The first kappa shape index (κ1) is 15.2. The van der Waals surface area contributed by atoms with Gasteiger partial charge in [-0.05, 0) is 31.2 Å². The molecule has 0 aliphatic heterocycles. The molecule has 1 aromatic carbocycles. The van der Waals surface area contributed by atoms with Gasteiger partial charge in [-0.15, -0.1) is 0 Å². The number of hydrogen-bond donors (Lipinski definition) is 0. The summed E-state index contributed by atoms with van der Waals surface area (Å²) in [5.41, 5.74) is 1.17. The van der Waals surface area contributed by atoms with E-state index in [1.807, 2.05) is 36.4 Å². The summed E-state index contributed by atoms with van der Waals surface area (Å²) in [5, 5.41) is 0. The molecule has 2 rings (SSSR count). The summed E-state index contributed by atoms with van der Waals surface area (Å²) in [6.45, 7) is 6.98. The van der Waals surface area contributed by atoms with Crippen LogP contribution >= 0.6 is 0 Å². The maximum atomic E-state index is 10.7. The van der Waals surface area contributed by atoms with Crippen LogP contribution in [0.4, 0.5) is 0 Å². The van der Waals surface area contributed by atoms with Gasteiger partial charge in [0.25, 0.3) is 0 Å². The number of carbonyl (C=O) groups is 1. The van der Waals surface area contributed by atoms with Crippen LogP contribution in [0.25, 0.3) is 6.08 Å². The molecule has 19 heavy (non-hydrogen) atoms. The molecule has 1 saturated carbocycles. The Morgan fingerprint density at radius 1 is 1.11 bits per heavy atom. The molecular formula is C17H22O2. The molecule has 2 heteroatoms. The van der Waals surface area contributed by atoms with Gasteiger partial charge in [0.15, 0.2) is 0 Å². The van der Waals surface area contributed by atoms with E-state index in [0.717, 1.165) is 12.8 Å². The number of ether oxygens (including phenoxy) is 1. The van der Waals surface area contributed by atoms with Crippen LogP contribution in [0.5, 0.6) is 0 Å². The summed E-state index contributed by atoms with van der Waals surface area (Å²) in [6.07, 6.45) is 8.94. The van der Waals surface area contributed by atoms with Crippen LogP contribution in [-0.2, 0) is 9.53 Å². The van der Waals surface area contributed by atoms with E-state index < -0.39 is 0 Å². The van der Waals surface area contributed by atoms with E-state index in [1.54, 1.807) is 0 Å². The van der Waals surface area contributed by atoms with E-state index in [1.165, 1.54) is 30.9 Å². The SMILES string of the molecule is C=CC(=O)OC1CCCCC1.C=Cc1ccccc1. The van der Waals surface area contributed by atoms with Crippen molar-refractivity contribution < 1.29 is 9.53 Å². The Morgan fingerprint density at radius 3 is 2.21 bits per heavy atom. The lowest BCUT2D eigenvalue weighted by Crippen LogP contribution is -2.19. The van der Waals surface area contributed by atoms with Gasteiger partial charge in [0.2, 0.25) is 0 Å². The molecule has 1 aliphatic carbocycles. The number of carbonyl (C=O) groups excluding carboxylic acids is 1. The number of rotatable bonds is 3. The van der Waals surface area contributed by atoms with Crippen LogP contribution in [0.2, 0.25) is 0 Å². The lowest BCUT2D eigenvalue weighted by molar-refractivity contribution is -0.144. The van der Waals surface area contributed by atoms with Gasteiger partial charge >= 0.3 is 5.97 Å². The normalized spacial score (nSPS) is 14.7. The highest BCUT2D eigenvalue weighted by atomic mass is 16.5. The predicted molar refractivity (Wildman–Crippen MR) is 79.7 cm³/mol. The van der Waals surface area contributed by atoms with Crippen LogP contribution < -0.4 is 0 Å². The molecule has 0 atom stereocenters. The molecule has 1 aliphatic rings. The van der Waals surface area contributed by atoms with Crippen molar-refractivity contribution in [2.45, 2.75) is 38.2 Å². The molecule has 0 unspecified atom stereocenters. The minimum absolute atomic E-state index is 0.161. The minimum Gasteiger partial charge on any atom is -0.459 e. The molecular weight excluding hydrogens is 236 g/mol. The molecule has 0 heterocycles. The smallest absolute Gasteiger partial charge is 0.330 e. The van der Waals surface area contributed by atoms with Crippen LogP contribution in [0.15, 0.2) is 49.6 Å². The second-order valence-corrected chi connectivity index (χ2v) is 4.52. The fraction of sp³-hybridized carbons (Fsp3) is 0.353. The first-order valence-electron chi connectivity index (χ1n) is 6.76. The Bertz CT molecular complexity index is 389. The third kappa shape index (κ3) is 6.61. The number of benzene rings is 1. The van der Waals surface area contributed by atoms with Crippen molar-refractivity contribution in [3.05, 3.63) is 55.1 Å². The van der Waals surface area contributed by atoms with Crippen molar-refractivity contribution in [1.29, 1.82) is 0 Å². The largest absolute Gasteiger partial charge is 0.459 e. The summed E-state index contributed by atoms with van der Waals surface area (Å²) in [4.78, 5) is 10.7. The summed E-state index contributed by atoms with van der Waals surface area (Å²) >= 11 is 0. The quantitative estimate of drug-likeness (QED) is 0.594. The molecule has 0 N–H and O–H groups in total. The average molecular weight is 258 g/mol. The molecule has 0 amide bonds. The molecule has 2 nitrogen and oxygen atoms in total. The van der Waals surface area contributed by atoms with Gasteiger partial charge in [0, 0.05) is 6.08 Å². The summed E-state index contributed by atoms with van der Waals surface area (Å²) in [7, 11) is 0. The minimum atomic E-state index is -0.281. The Kier molecular flexibility index (Phi) is 7.33. The first-order chi connectivity index (χ1) is 9.26. The van der Waals surface area contributed by atoms with Crippen molar-refractivity contribution in [3.8, 4) is 0 Å².